The maximum atomic E-state index is 10.8. The highest BCUT2D eigenvalue weighted by molar-refractivity contribution is 5.88. The van der Waals surface area contributed by atoms with Crippen molar-refractivity contribution < 1.29 is 9.90 Å². The largest absolute Gasteiger partial charge is 0.478 e. The van der Waals surface area contributed by atoms with Crippen LogP contribution in [-0.4, -0.2) is 28.7 Å². The molecule has 1 heterocycles. The number of hydrogen-bond donors (Lipinski definition) is 2. The quantitative estimate of drug-likeness (QED) is 0.671. The number of nitrogens with two attached hydrogens (primary N) is 1. The Morgan fingerprint density at radius 3 is 2.93 bits per heavy atom. The Labute approximate surface area is 90.1 Å². The summed E-state index contributed by atoms with van der Waals surface area (Å²) in [6, 6.07) is 0. The number of hydrogen-bond acceptors (Lipinski definition) is 3. The van der Waals surface area contributed by atoms with Crippen molar-refractivity contribution in [2.75, 3.05) is 6.54 Å². The van der Waals surface area contributed by atoms with Gasteiger partial charge in [-0.1, -0.05) is 19.8 Å². The Bertz CT molecular complexity index is 284. The molecule has 0 saturated heterocycles. The summed E-state index contributed by atoms with van der Waals surface area (Å²) in [5.74, 6) is -0.938. The van der Waals surface area contributed by atoms with Gasteiger partial charge in [0.05, 0.1) is 5.57 Å². The summed E-state index contributed by atoms with van der Waals surface area (Å²) in [5, 5.41) is 8.89. The van der Waals surface area contributed by atoms with Crippen molar-refractivity contribution in [3.05, 3.63) is 23.9 Å². The third-order valence-corrected chi connectivity index (χ3v) is 2.50. The third-order valence-electron chi connectivity index (χ3n) is 2.50. The Morgan fingerprint density at radius 2 is 2.33 bits per heavy atom. The van der Waals surface area contributed by atoms with Gasteiger partial charge in [-0.05, 0) is 18.6 Å². The fourth-order valence-electron chi connectivity index (χ4n) is 1.58. The zero-order chi connectivity index (χ0) is 11.3. The van der Waals surface area contributed by atoms with E-state index in [0.29, 0.717) is 0 Å². The number of aliphatic carboxylic acids is 1. The molecule has 0 aliphatic carbocycles. The molecule has 0 bridgehead atoms. The predicted molar refractivity (Wildman–Crippen MR) is 59.1 cm³/mol. The first kappa shape index (κ1) is 11.8. The minimum atomic E-state index is -0.938. The van der Waals surface area contributed by atoms with Crippen LogP contribution in [0, 0.1) is 0 Å². The smallest absolute Gasteiger partial charge is 0.335 e. The summed E-state index contributed by atoms with van der Waals surface area (Å²) in [4.78, 5) is 12.7. The fraction of sp³-hybridized carbons (Fsp3) is 0.545. The lowest BCUT2D eigenvalue weighted by atomic mass is 10.1. The highest BCUT2D eigenvalue weighted by atomic mass is 16.4. The lowest BCUT2D eigenvalue weighted by molar-refractivity contribution is -0.133. The SMILES string of the molecule is CCCCCN1C=CC=C(C(=O)O)C1N. The molecule has 0 aromatic carbocycles. The molecular formula is C11H18N2O2. The van der Waals surface area contributed by atoms with Crippen LogP contribution in [-0.2, 0) is 4.79 Å². The second-order valence-electron chi connectivity index (χ2n) is 3.66. The van der Waals surface area contributed by atoms with Gasteiger partial charge in [0.15, 0.2) is 0 Å². The summed E-state index contributed by atoms with van der Waals surface area (Å²) in [6.45, 7) is 2.95. The summed E-state index contributed by atoms with van der Waals surface area (Å²) in [6.07, 6.45) is 7.97. The van der Waals surface area contributed by atoms with Crippen LogP contribution in [0.3, 0.4) is 0 Å². The van der Waals surface area contributed by atoms with Crippen molar-refractivity contribution in [1.82, 2.24) is 4.90 Å². The van der Waals surface area contributed by atoms with E-state index in [-0.39, 0.29) is 5.57 Å². The van der Waals surface area contributed by atoms with Gasteiger partial charge in [-0.3, -0.25) is 0 Å². The molecule has 4 nitrogen and oxygen atoms in total. The van der Waals surface area contributed by atoms with Crippen LogP contribution in [0.2, 0.25) is 0 Å². The molecule has 4 heteroatoms. The van der Waals surface area contributed by atoms with E-state index in [0.717, 1.165) is 25.8 Å². The van der Waals surface area contributed by atoms with E-state index < -0.39 is 12.1 Å². The van der Waals surface area contributed by atoms with E-state index in [2.05, 4.69) is 6.92 Å². The molecule has 1 rings (SSSR count). The van der Waals surface area contributed by atoms with Gasteiger partial charge >= 0.3 is 5.97 Å². The molecule has 0 aromatic rings. The second-order valence-corrected chi connectivity index (χ2v) is 3.66. The van der Waals surface area contributed by atoms with Gasteiger partial charge in [-0.25, -0.2) is 4.79 Å². The predicted octanol–water partition coefficient (Wildman–Crippen LogP) is 1.30. The molecule has 15 heavy (non-hydrogen) atoms. The van der Waals surface area contributed by atoms with Crippen LogP contribution in [0.1, 0.15) is 26.2 Å². The van der Waals surface area contributed by atoms with Crippen LogP contribution in [0.25, 0.3) is 0 Å². The molecule has 1 aliphatic heterocycles. The second kappa shape index (κ2) is 5.56. The van der Waals surface area contributed by atoms with Gasteiger partial charge < -0.3 is 15.7 Å². The summed E-state index contributed by atoms with van der Waals surface area (Å²) >= 11 is 0. The van der Waals surface area contributed by atoms with Crippen molar-refractivity contribution in [2.24, 2.45) is 5.73 Å². The first-order valence-electron chi connectivity index (χ1n) is 5.29. The summed E-state index contributed by atoms with van der Waals surface area (Å²) < 4.78 is 0. The van der Waals surface area contributed by atoms with E-state index in [1.54, 1.807) is 12.2 Å². The molecule has 1 atom stereocenters. The average Bonchev–Trinajstić information content (AvgIpc) is 2.20. The Hall–Kier alpha value is -1.29. The lowest BCUT2D eigenvalue weighted by Crippen LogP contribution is -2.43. The van der Waals surface area contributed by atoms with Gasteiger partial charge in [0, 0.05) is 12.7 Å². The highest BCUT2D eigenvalue weighted by Gasteiger charge is 2.22. The van der Waals surface area contributed by atoms with Crippen LogP contribution in [0.4, 0.5) is 0 Å². The van der Waals surface area contributed by atoms with Gasteiger partial charge in [0.1, 0.15) is 6.17 Å². The first-order valence-corrected chi connectivity index (χ1v) is 5.29. The standard InChI is InChI=1S/C11H18N2O2/c1-2-3-4-7-13-8-5-6-9(10(13)12)11(14)15/h5-6,8,10H,2-4,7,12H2,1H3,(H,14,15). The number of carbonyl (C=O) groups is 1. The van der Waals surface area contributed by atoms with E-state index in [1.165, 1.54) is 0 Å². The van der Waals surface area contributed by atoms with Gasteiger partial charge in [-0.2, -0.15) is 0 Å². The first-order chi connectivity index (χ1) is 7.16. The fourth-order valence-corrected chi connectivity index (χ4v) is 1.58. The zero-order valence-corrected chi connectivity index (χ0v) is 9.02. The molecule has 84 valence electrons. The van der Waals surface area contributed by atoms with Crippen LogP contribution >= 0.6 is 0 Å². The number of carboxylic acid groups (broad SMARTS) is 1. The van der Waals surface area contributed by atoms with E-state index in [9.17, 15) is 4.79 Å². The highest BCUT2D eigenvalue weighted by Crippen LogP contribution is 2.13. The van der Waals surface area contributed by atoms with Crippen molar-refractivity contribution in [3.63, 3.8) is 0 Å². The van der Waals surface area contributed by atoms with Crippen molar-refractivity contribution >= 4 is 5.97 Å². The molecular weight excluding hydrogens is 192 g/mol. The number of nitrogens with zero attached hydrogens (tertiary/aromatic N) is 1. The minimum absolute atomic E-state index is 0.258. The van der Waals surface area contributed by atoms with Crippen molar-refractivity contribution in [2.45, 2.75) is 32.4 Å². The maximum Gasteiger partial charge on any atom is 0.335 e. The Morgan fingerprint density at radius 1 is 1.60 bits per heavy atom. The molecule has 1 aliphatic rings. The average molecular weight is 210 g/mol. The monoisotopic (exact) mass is 210 g/mol. The molecule has 0 radical (unpaired) electrons. The number of unbranched alkanes of at least 4 members (excludes halogenated alkanes) is 2. The number of carboxylic acids is 1. The van der Waals surface area contributed by atoms with Gasteiger partial charge in [0.25, 0.3) is 0 Å². The van der Waals surface area contributed by atoms with E-state index in [4.69, 9.17) is 10.8 Å². The van der Waals surface area contributed by atoms with Gasteiger partial charge in [-0.15, -0.1) is 0 Å². The molecule has 0 amide bonds. The topological polar surface area (TPSA) is 66.6 Å². The Balaban J connectivity index is 2.53. The third kappa shape index (κ3) is 3.09. The zero-order valence-electron chi connectivity index (χ0n) is 9.02. The van der Waals surface area contributed by atoms with Crippen LogP contribution in [0.5, 0.6) is 0 Å². The lowest BCUT2D eigenvalue weighted by Gasteiger charge is -2.30. The molecule has 3 N–H and O–H groups in total. The van der Waals surface area contributed by atoms with Crippen molar-refractivity contribution in [1.29, 1.82) is 0 Å². The molecule has 0 saturated carbocycles. The summed E-state index contributed by atoms with van der Waals surface area (Å²) in [7, 11) is 0. The van der Waals surface area contributed by atoms with Crippen LogP contribution < -0.4 is 5.73 Å². The molecule has 1 unspecified atom stereocenters. The molecule has 0 aromatic heterocycles. The molecule has 0 fully saturated rings. The minimum Gasteiger partial charge on any atom is -0.478 e. The van der Waals surface area contributed by atoms with E-state index in [1.807, 2.05) is 11.1 Å². The maximum absolute atomic E-state index is 10.8. The van der Waals surface area contributed by atoms with Crippen LogP contribution in [0.15, 0.2) is 23.9 Å². The Kier molecular flexibility index (Phi) is 4.37. The number of allylic oxidation sites excluding steroid dienone is 2. The normalized spacial score (nSPS) is 20.3. The van der Waals surface area contributed by atoms with Crippen molar-refractivity contribution in [3.8, 4) is 0 Å². The summed E-state index contributed by atoms with van der Waals surface area (Å²) in [5.41, 5.74) is 6.09. The van der Waals surface area contributed by atoms with E-state index >= 15 is 0 Å². The molecule has 0 spiro atoms. The number of rotatable bonds is 5. The van der Waals surface area contributed by atoms with Gasteiger partial charge in [0.2, 0.25) is 0 Å².